The molecule has 0 unspecified atom stereocenters. The van der Waals surface area contributed by atoms with Gasteiger partial charge in [0.1, 0.15) is 5.60 Å². The van der Waals surface area contributed by atoms with Crippen LogP contribution in [0.4, 0.5) is 10.5 Å². The third kappa shape index (κ3) is 10.5. The van der Waals surface area contributed by atoms with Crippen LogP contribution in [0.25, 0.3) is 0 Å². The molecule has 8 nitrogen and oxygen atoms in total. The quantitative estimate of drug-likeness (QED) is 0.532. The molecule has 0 aromatic heterocycles. The van der Waals surface area contributed by atoms with Crippen molar-refractivity contribution in [2.45, 2.75) is 45.6 Å². The lowest BCUT2D eigenvalue weighted by atomic mass is 10.1. The van der Waals surface area contributed by atoms with Crippen LogP contribution >= 0.6 is 0 Å². The van der Waals surface area contributed by atoms with E-state index in [1.165, 1.54) is 0 Å². The number of esters is 1. The summed E-state index contributed by atoms with van der Waals surface area (Å²) in [6, 6.07) is 8.87. The molecule has 0 spiro atoms. The van der Waals surface area contributed by atoms with Gasteiger partial charge in [0.2, 0.25) is 0 Å². The lowest BCUT2D eigenvalue weighted by Gasteiger charge is -2.19. The Kier molecular flexibility index (Phi) is 8.79. The highest BCUT2D eigenvalue weighted by atomic mass is 16.6. The molecule has 2 amide bonds. The van der Waals surface area contributed by atoms with E-state index >= 15 is 0 Å². The first-order valence-electron chi connectivity index (χ1n) is 8.58. The van der Waals surface area contributed by atoms with Gasteiger partial charge in [-0.1, -0.05) is 12.1 Å². The van der Waals surface area contributed by atoms with E-state index in [4.69, 9.17) is 14.7 Å². The number of nitrogens with one attached hydrogen (secondary N) is 2. The van der Waals surface area contributed by atoms with Gasteiger partial charge in [0.05, 0.1) is 12.5 Å². The number of carbonyl (C=O) groups is 3. The van der Waals surface area contributed by atoms with E-state index in [-0.39, 0.29) is 13.0 Å². The number of carbonyl (C=O) groups excluding carboxylic acids is 3. The normalized spacial score (nSPS) is 10.4. The average molecular weight is 375 g/mol. The Labute approximate surface area is 158 Å². The van der Waals surface area contributed by atoms with Crippen LogP contribution in [0.2, 0.25) is 0 Å². The zero-order valence-electron chi connectivity index (χ0n) is 15.8. The first-order chi connectivity index (χ1) is 12.7. The number of nitriles is 1. The Morgan fingerprint density at radius 2 is 1.81 bits per heavy atom. The minimum Gasteiger partial charge on any atom is -0.456 e. The van der Waals surface area contributed by atoms with Gasteiger partial charge in [0, 0.05) is 18.7 Å². The van der Waals surface area contributed by atoms with E-state index < -0.39 is 30.2 Å². The molecule has 1 aromatic carbocycles. The summed E-state index contributed by atoms with van der Waals surface area (Å²) in [5.41, 5.74) is 0.827. The minimum absolute atomic E-state index is 0.0753. The number of amides is 2. The van der Waals surface area contributed by atoms with E-state index in [2.05, 4.69) is 10.6 Å². The van der Waals surface area contributed by atoms with Crippen molar-refractivity contribution in [3.8, 4) is 6.07 Å². The summed E-state index contributed by atoms with van der Waals surface area (Å²) in [5.74, 6) is -0.983. The fraction of sp³-hybridized carbons (Fsp3) is 0.474. The van der Waals surface area contributed by atoms with Crippen molar-refractivity contribution in [3.63, 3.8) is 0 Å². The minimum atomic E-state index is -0.577. The summed E-state index contributed by atoms with van der Waals surface area (Å²) in [6.07, 6.45) is 0.205. The smallest absolute Gasteiger partial charge is 0.407 e. The van der Waals surface area contributed by atoms with E-state index in [0.717, 1.165) is 5.56 Å². The van der Waals surface area contributed by atoms with E-state index in [1.807, 2.05) is 6.07 Å². The molecule has 8 heteroatoms. The third-order valence-electron chi connectivity index (χ3n) is 3.11. The topological polar surface area (TPSA) is 118 Å². The summed E-state index contributed by atoms with van der Waals surface area (Å²) in [7, 11) is 0. The fourth-order valence-corrected chi connectivity index (χ4v) is 1.95. The van der Waals surface area contributed by atoms with E-state index in [1.54, 1.807) is 45.0 Å². The molecule has 0 atom stereocenters. The molecule has 146 valence electrons. The number of hydrogen-bond acceptors (Lipinski definition) is 6. The Balaban J connectivity index is 2.19. The largest absolute Gasteiger partial charge is 0.456 e. The average Bonchev–Trinajstić information content (AvgIpc) is 2.57. The van der Waals surface area contributed by atoms with Gasteiger partial charge >= 0.3 is 12.1 Å². The highest BCUT2D eigenvalue weighted by Crippen LogP contribution is 2.10. The van der Waals surface area contributed by atoms with Crippen LogP contribution < -0.4 is 10.6 Å². The molecule has 2 N–H and O–H groups in total. The zero-order chi connectivity index (χ0) is 20.3. The van der Waals surface area contributed by atoms with Crippen LogP contribution in [0, 0.1) is 11.3 Å². The molecule has 0 fully saturated rings. The highest BCUT2D eigenvalue weighted by Gasteiger charge is 2.15. The number of benzene rings is 1. The second-order valence-electron chi connectivity index (χ2n) is 6.77. The molecule has 0 aliphatic heterocycles. The van der Waals surface area contributed by atoms with Gasteiger partial charge in [-0.3, -0.25) is 9.59 Å². The molecule has 0 saturated heterocycles. The maximum Gasteiger partial charge on any atom is 0.407 e. The maximum atomic E-state index is 11.8. The van der Waals surface area contributed by atoms with Crippen molar-refractivity contribution in [2.24, 2.45) is 0 Å². The van der Waals surface area contributed by atoms with Crippen molar-refractivity contribution in [1.82, 2.24) is 5.32 Å². The van der Waals surface area contributed by atoms with Gasteiger partial charge in [-0.25, -0.2) is 4.79 Å². The first kappa shape index (κ1) is 22.0. The van der Waals surface area contributed by atoms with Gasteiger partial charge in [-0.15, -0.1) is 0 Å². The second-order valence-corrected chi connectivity index (χ2v) is 6.77. The number of rotatable bonds is 8. The van der Waals surface area contributed by atoms with Crippen molar-refractivity contribution >= 4 is 23.7 Å². The Morgan fingerprint density at radius 1 is 1.15 bits per heavy atom. The summed E-state index contributed by atoms with van der Waals surface area (Å²) in [6.45, 7) is 5.16. The predicted molar refractivity (Wildman–Crippen MR) is 98.8 cm³/mol. The third-order valence-corrected chi connectivity index (χ3v) is 3.11. The lowest BCUT2D eigenvalue weighted by Crippen LogP contribution is -2.33. The van der Waals surface area contributed by atoms with Crippen LogP contribution in [-0.2, 0) is 25.5 Å². The molecule has 27 heavy (non-hydrogen) atoms. The number of ether oxygens (including phenoxy) is 2. The fourth-order valence-electron chi connectivity index (χ4n) is 1.95. The molecule has 0 heterocycles. The Hall–Kier alpha value is -3.08. The Bertz CT molecular complexity index is 687. The molecular formula is C19H25N3O5. The summed E-state index contributed by atoms with van der Waals surface area (Å²) in [5, 5.41) is 13.7. The molecular weight excluding hydrogens is 350 g/mol. The van der Waals surface area contributed by atoms with E-state index in [9.17, 15) is 14.4 Å². The number of anilines is 1. The summed E-state index contributed by atoms with van der Waals surface area (Å²) in [4.78, 5) is 34.8. The first-order valence-corrected chi connectivity index (χ1v) is 8.58. The molecule has 0 radical (unpaired) electrons. The standard InChI is InChI=1S/C19H25N3O5/c1-19(2,3)27-18(25)21-12-4-5-17(24)26-13-16(23)22-15-8-6-14(7-9-15)10-11-20/h6-9H,4-5,10,12-13H2,1-3H3,(H,21,25)(H,22,23). The van der Waals surface area contributed by atoms with Crippen LogP contribution in [0.5, 0.6) is 0 Å². The summed E-state index contributed by atoms with van der Waals surface area (Å²) < 4.78 is 9.95. The van der Waals surface area contributed by atoms with Crippen molar-refractivity contribution in [2.75, 3.05) is 18.5 Å². The van der Waals surface area contributed by atoms with Gasteiger partial charge in [-0.05, 0) is 44.9 Å². The van der Waals surface area contributed by atoms with Crippen molar-refractivity contribution in [1.29, 1.82) is 5.26 Å². The Morgan fingerprint density at radius 3 is 2.41 bits per heavy atom. The van der Waals surface area contributed by atoms with Crippen molar-refractivity contribution in [3.05, 3.63) is 29.8 Å². The van der Waals surface area contributed by atoms with Gasteiger partial charge in [-0.2, -0.15) is 5.26 Å². The van der Waals surface area contributed by atoms with Gasteiger partial charge < -0.3 is 20.1 Å². The lowest BCUT2D eigenvalue weighted by molar-refractivity contribution is -0.147. The number of nitrogens with zero attached hydrogens (tertiary/aromatic N) is 1. The van der Waals surface area contributed by atoms with Crippen LogP contribution in [0.3, 0.4) is 0 Å². The van der Waals surface area contributed by atoms with Crippen molar-refractivity contribution < 1.29 is 23.9 Å². The van der Waals surface area contributed by atoms with E-state index in [0.29, 0.717) is 18.5 Å². The SMILES string of the molecule is CC(C)(C)OC(=O)NCCCC(=O)OCC(=O)Nc1ccc(CC#N)cc1. The number of hydrogen-bond donors (Lipinski definition) is 2. The van der Waals surface area contributed by atoms with Gasteiger partial charge in [0.25, 0.3) is 5.91 Å². The summed E-state index contributed by atoms with van der Waals surface area (Å²) >= 11 is 0. The van der Waals surface area contributed by atoms with Crippen LogP contribution in [0.15, 0.2) is 24.3 Å². The second kappa shape index (κ2) is 10.8. The molecule has 0 aliphatic carbocycles. The highest BCUT2D eigenvalue weighted by molar-refractivity contribution is 5.92. The van der Waals surface area contributed by atoms with Gasteiger partial charge in [0.15, 0.2) is 6.61 Å². The number of alkyl carbamates (subject to hydrolysis) is 1. The molecule has 1 rings (SSSR count). The molecule has 1 aromatic rings. The molecule has 0 aliphatic rings. The predicted octanol–water partition coefficient (Wildman–Crippen LogP) is 2.54. The maximum absolute atomic E-state index is 11.8. The zero-order valence-corrected chi connectivity index (χ0v) is 15.8. The van der Waals surface area contributed by atoms with Crippen LogP contribution in [-0.4, -0.2) is 36.7 Å². The molecule has 0 bridgehead atoms. The monoisotopic (exact) mass is 375 g/mol. The van der Waals surface area contributed by atoms with Crippen LogP contribution in [0.1, 0.15) is 39.2 Å². The molecule has 0 saturated carbocycles.